The van der Waals surface area contributed by atoms with Gasteiger partial charge >= 0.3 is 0 Å². The highest BCUT2D eigenvalue weighted by molar-refractivity contribution is 5.53. The number of unbranched alkanes of at least 4 members (excludes halogenated alkanes) is 3. The maximum atomic E-state index is 8.89. The van der Waals surface area contributed by atoms with Crippen LogP contribution < -0.4 is 4.74 Å². The Balaban J connectivity index is 1.70. The first kappa shape index (κ1) is 20.7. The van der Waals surface area contributed by atoms with Crippen LogP contribution in [0.3, 0.4) is 0 Å². The number of hydrogen-bond acceptors (Lipinski definition) is 3. The average Bonchev–Trinajstić information content (AvgIpc) is 3.14. The maximum absolute atomic E-state index is 8.89. The molecule has 1 saturated heterocycles. The minimum absolute atomic E-state index is 0.244. The van der Waals surface area contributed by atoms with Crippen molar-refractivity contribution in [2.24, 2.45) is 5.92 Å². The first-order chi connectivity index (χ1) is 13.9. The monoisotopic (exact) mass is 401 g/mol. The summed E-state index contributed by atoms with van der Waals surface area (Å²) in [4.78, 5) is 0. The van der Waals surface area contributed by atoms with Crippen molar-refractivity contribution < 1.29 is 19.3 Å². The lowest BCUT2D eigenvalue weighted by Crippen LogP contribution is -2.45. The first-order valence-electron chi connectivity index (χ1n) is 11.4. The Labute approximate surface area is 175 Å². The normalized spacial score (nSPS) is 27.0. The average molecular weight is 402 g/mol. The van der Waals surface area contributed by atoms with Gasteiger partial charge in [0.25, 0.3) is 5.75 Å². The van der Waals surface area contributed by atoms with E-state index in [1.165, 1.54) is 24.8 Å². The molecule has 0 spiro atoms. The Morgan fingerprint density at radius 2 is 1.86 bits per heavy atom. The first-order valence-corrected chi connectivity index (χ1v) is 11.4. The van der Waals surface area contributed by atoms with Crippen molar-refractivity contribution >= 4 is 0 Å². The predicted octanol–water partition coefficient (Wildman–Crippen LogP) is 5.91. The van der Waals surface area contributed by atoms with Crippen molar-refractivity contribution in [3.05, 3.63) is 34.9 Å². The summed E-state index contributed by atoms with van der Waals surface area (Å²) in [5, 5.41) is 8.89. The van der Waals surface area contributed by atoms with Gasteiger partial charge in [-0.15, -0.1) is 0 Å². The molecule has 4 heteroatoms. The van der Waals surface area contributed by atoms with E-state index in [1.807, 2.05) is 6.07 Å². The second-order valence-corrected chi connectivity index (χ2v) is 9.60. The van der Waals surface area contributed by atoms with Crippen LogP contribution in [0.15, 0.2) is 23.8 Å². The molecule has 0 saturated carbocycles. The van der Waals surface area contributed by atoms with Gasteiger partial charge < -0.3 is 19.3 Å². The van der Waals surface area contributed by atoms with Crippen molar-refractivity contribution in [3.8, 4) is 11.5 Å². The van der Waals surface area contributed by atoms with Gasteiger partial charge in [-0.1, -0.05) is 37.8 Å². The van der Waals surface area contributed by atoms with Crippen LogP contribution in [0.25, 0.3) is 0 Å². The predicted molar refractivity (Wildman–Crippen MR) is 116 cm³/mol. The maximum Gasteiger partial charge on any atom is 0.261 e. The van der Waals surface area contributed by atoms with Crippen LogP contribution in [-0.2, 0) is 15.3 Å². The largest absolute Gasteiger partial charge is 0.593 e. The topological polar surface area (TPSA) is 50.6 Å². The molecule has 29 heavy (non-hydrogen) atoms. The lowest BCUT2D eigenvalue weighted by atomic mass is 9.67. The molecule has 4 nitrogen and oxygen atoms in total. The SMILES string of the molecule is CCCCCCC1(c2cc([OH2+])c3c(c2)OC(C)(C)[C@H]2CC=C(C)C[C@@H]32)OCCO1. The molecule has 160 valence electrons. The summed E-state index contributed by atoms with van der Waals surface area (Å²) in [6, 6.07) is 4.10. The van der Waals surface area contributed by atoms with Gasteiger partial charge in [0.2, 0.25) is 0 Å². The van der Waals surface area contributed by atoms with Crippen LogP contribution in [0, 0.1) is 5.92 Å². The molecule has 2 N–H and O–H groups in total. The molecular formula is C25H37O4+. The third-order valence-electron chi connectivity index (χ3n) is 7.08. The molecule has 0 bridgehead atoms. The summed E-state index contributed by atoms with van der Waals surface area (Å²) in [7, 11) is 0. The Kier molecular flexibility index (Phi) is 5.69. The zero-order valence-electron chi connectivity index (χ0n) is 18.5. The van der Waals surface area contributed by atoms with Crippen LogP contribution in [0.2, 0.25) is 0 Å². The molecule has 0 unspecified atom stereocenters. The number of benzene rings is 1. The standard InChI is InChI=1S/C25H36O4/c1-5-6-7-8-11-25(27-12-13-28-25)18-15-21(26)23-19-14-17(2)9-10-20(19)24(3,4)29-22(23)16-18/h9,15-16,19-20,26H,5-8,10-14H2,1-4H3/p+1/t19-,20+/m1/s1. The van der Waals surface area contributed by atoms with Crippen molar-refractivity contribution in [2.45, 2.75) is 89.9 Å². The highest BCUT2D eigenvalue weighted by atomic mass is 16.7. The number of fused-ring (bicyclic) bond motifs is 3. The Morgan fingerprint density at radius 3 is 2.59 bits per heavy atom. The zero-order valence-corrected chi connectivity index (χ0v) is 18.5. The van der Waals surface area contributed by atoms with Gasteiger partial charge in [0, 0.05) is 29.9 Å². The third-order valence-corrected chi connectivity index (χ3v) is 7.08. The number of hydrogen-bond donors (Lipinski definition) is 0. The second-order valence-electron chi connectivity index (χ2n) is 9.60. The molecule has 0 amide bonds. The summed E-state index contributed by atoms with van der Waals surface area (Å²) in [6.07, 6.45) is 9.93. The molecule has 0 radical (unpaired) electrons. The van der Waals surface area contributed by atoms with E-state index in [2.05, 4.69) is 39.8 Å². The van der Waals surface area contributed by atoms with Crippen LogP contribution in [0.5, 0.6) is 11.5 Å². The summed E-state index contributed by atoms with van der Waals surface area (Å²) in [5.41, 5.74) is 3.21. The Morgan fingerprint density at radius 1 is 1.10 bits per heavy atom. The van der Waals surface area contributed by atoms with E-state index in [-0.39, 0.29) is 5.60 Å². The highest BCUT2D eigenvalue weighted by Gasteiger charge is 2.48. The lowest BCUT2D eigenvalue weighted by Gasteiger charge is -2.46. The van der Waals surface area contributed by atoms with Crippen molar-refractivity contribution in [1.82, 2.24) is 0 Å². The minimum atomic E-state index is -0.717. The smallest absolute Gasteiger partial charge is 0.261 e. The van der Waals surface area contributed by atoms with Gasteiger partial charge in [-0.2, -0.15) is 0 Å². The van der Waals surface area contributed by atoms with E-state index in [9.17, 15) is 0 Å². The van der Waals surface area contributed by atoms with E-state index in [0.717, 1.165) is 42.6 Å². The molecule has 3 aliphatic rings. The summed E-state index contributed by atoms with van der Waals surface area (Å²) >= 11 is 0. The third kappa shape index (κ3) is 3.82. The van der Waals surface area contributed by atoms with Crippen molar-refractivity contribution in [2.75, 3.05) is 13.2 Å². The van der Waals surface area contributed by atoms with Gasteiger partial charge in [-0.25, -0.2) is 0 Å². The molecule has 0 aromatic heterocycles. The Bertz CT molecular complexity index is 773. The van der Waals surface area contributed by atoms with E-state index in [0.29, 0.717) is 30.8 Å². The molecule has 2 heterocycles. The minimum Gasteiger partial charge on any atom is -0.593 e. The quantitative estimate of drug-likeness (QED) is 0.338. The van der Waals surface area contributed by atoms with E-state index >= 15 is 0 Å². The highest BCUT2D eigenvalue weighted by Crippen LogP contribution is 2.55. The van der Waals surface area contributed by atoms with Crippen LogP contribution >= 0.6 is 0 Å². The molecule has 2 aliphatic heterocycles. The number of rotatable bonds is 6. The molecule has 1 aromatic rings. The van der Waals surface area contributed by atoms with Crippen LogP contribution in [-0.4, -0.2) is 23.9 Å². The summed E-state index contributed by atoms with van der Waals surface area (Å²) < 4.78 is 18.8. The van der Waals surface area contributed by atoms with Crippen molar-refractivity contribution in [3.63, 3.8) is 0 Å². The summed E-state index contributed by atoms with van der Waals surface area (Å²) in [6.45, 7) is 10.0. The van der Waals surface area contributed by atoms with Gasteiger partial charge in [0.1, 0.15) is 11.4 Å². The molecular weight excluding hydrogens is 364 g/mol. The van der Waals surface area contributed by atoms with Gasteiger partial charge in [0.05, 0.1) is 18.8 Å². The van der Waals surface area contributed by atoms with E-state index < -0.39 is 5.79 Å². The fourth-order valence-corrected chi connectivity index (χ4v) is 5.50. The van der Waals surface area contributed by atoms with Gasteiger partial charge in [-0.3, -0.25) is 0 Å². The molecule has 4 rings (SSSR count). The number of ether oxygens (including phenoxy) is 3. The fraction of sp³-hybridized carbons (Fsp3) is 0.680. The molecule has 1 fully saturated rings. The zero-order chi connectivity index (χ0) is 20.6. The molecule has 1 aromatic carbocycles. The summed E-state index contributed by atoms with van der Waals surface area (Å²) in [5.74, 6) is 1.48. The second kappa shape index (κ2) is 7.96. The number of allylic oxidation sites excluding steroid dienone is 2. The van der Waals surface area contributed by atoms with E-state index in [1.54, 1.807) is 0 Å². The van der Waals surface area contributed by atoms with Gasteiger partial charge in [-0.05, 0) is 46.1 Å². The fourth-order valence-electron chi connectivity index (χ4n) is 5.50. The molecule has 1 aliphatic carbocycles. The molecule has 2 atom stereocenters. The van der Waals surface area contributed by atoms with Crippen molar-refractivity contribution in [1.29, 1.82) is 0 Å². The van der Waals surface area contributed by atoms with Crippen LogP contribution in [0.4, 0.5) is 0 Å². The Hall–Kier alpha value is -1.52. The van der Waals surface area contributed by atoms with Crippen LogP contribution in [0.1, 0.15) is 89.7 Å². The lowest BCUT2D eigenvalue weighted by molar-refractivity contribution is -0.172. The van der Waals surface area contributed by atoms with E-state index in [4.69, 9.17) is 19.3 Å². The van der Waals surface area contributed by atoms with Gasteiger partial charge in [0.15, 0.2) is 5.79 Å².